The van der Waals surface area contributed by atoms with Crippen LogP contribution in [-0.4, -0.2) is 0 Å². The van der Waals surface area contributed by atoms with Crippen molar-refractivity contribution in [2.24, 2.45) is 0 Å². The second kappa shape index (κ2) is 12.4. The molecule has 1 aliphatic heterocycles. The first-order chi connectivity index (χ1) is 22.2. The van der Waals surface area contributed by atoms with Gasteiger partial charge in [-0.25, -0.2) is 8.78 Å². The Bertz CT molecular complexity index is 1820. The standard InChI is InChI=1S/C40H34F2N2P2/c1-25-5-17-33-37(21-25)45(31-13-9-29(41)10-14-31)38-22-26(2)6-18-34(38)44-36-20-8-28(4)24-40(36)46(32-15-11-30(42)12-16-32)39-23-27(3)7-19-35(39)43-33/h5-24,43-44H,1-4H3. The zero-order valence-corrected chi connectivity index (χ0v) is 28.0. The van der Waals surface area contributed by atoms with Crippen molar-refractivity contribution in [3.8, 4) is 0 Å². The Balaban J connectivity index is 1.58. The molecule has 2 nitrogen and oxygen atoms in total. The van der Waals surface area contributed by atoms with E-state index in [1.54, 1.807) is 24.3 Å². The summed E-state index contributed by atoms with van der Waals surface area (Å²) in [7, 11) is -2.23. The summed E-state index contributed by atoms with van der Waals surface area (Å²) in [6.07, 6.45) is 0. The Labute approximate surface area is 272 Å². The van der Waals surface area contributed by atoms with Gasteiger partial charge in [0.2, 0.25) is 0 Å². The van der Waals surface area contributed by atoms with Crippen molar-refractivity contribution >= 4 is 70.4 Å². The molecule has 0 amide bonds. The summed E-state index contributed by atoms with van der Waals surface area (Å²) in [5.74, 6) is -0.498. The molecule has 0 radical (unpaired) electrons. The van der Waals surface area contributed by atoms with Gasteiger partial charge in [-0.05, 0) is 127 Å². The van der Waals surface area contributed by atoms with Gasteiger partial charge in [0, 0.05) is 44.0 Å². The third-order valence-corrected chi connectivity index (χ3v) is 13.3. The van der Waals surface area contributed by atoms with Crippen molar-refractivity contribution in [1.29, 1.82) is 0 Å². The minimum atomic E-state index is -1.11. The summed E-state index contributed by atoms with van der Waals surface area (Å²) in [6.45, 7) is 8.47. The van der Waals surface area contributed by atoms with Gasteiger partial charge in [0.05, 0.1) is 0 Å². The molecule has 7 rings (SSSR count). The lowest BCUT2D eigenvalue weighted by Crippen LogP contribution is -2.29. The number of hydrogen-bond donors (Lipinski definition) is 2. The van der Waals surface area contributed by atoms with E-state index in [0.717, 1.165) is 76.8 Å². The molecule has 1 aliphatic rings. The fourth-order valence-electron chi connectivity index (χ4n) is 6.02. The molecule has 0 spiro atoms. The molecule has 0 aromatic heterocycles. The van der Waals surface area contributed by atoms with Crippen LogP contribution in [0.1, 0.15) is 22.3 Å². The van der Waals surface area contributed by atoms with E-state index < -0.39 is 15.8 Å². The molecule has 0 unspecified atom stereocenters. The quantitative estimate of drug-likeness (QED) is 0.185. The van der Waals surface area contributed by atoms with Gasteiger partial charge in [0.1, 0.15) is 11.6 Å². The van der Waals surface area contributed by atoms with E-state index >= 15 is 0 Å². The number of anilines is 4. The summed E-state index contributed by atoms with van der Waals surface area (Å²) in [5.41, 5.74) is 8.67. The first kappa shape index (κ1) is 30.3. The van der Waals surface area contributed by atoms with Crippen LogP contribution in [0.3, 0.4) is 0 Å². The zero-order valence-electron chi connectivity index (χ0n) is 26.2. The highest BCUT2D eigenvalue weighted by Gasteiger charge is 2.28. The summed E-state index contributed by atoms with van der Waals surface area (Å²) in [5, 5.41) is 14.6. The Morgan fingerprint density at radius 2 is 0.630 bits per heavy atom. The van der Waals surface area contributed by atoms with Gasteiger partial charge in [-0.15, -0.1) is 0 Å². The highest BCUT2D eigenvalue weighted by Crippen LogP contribution is 2.44. The van der Waals surface area contributed by atoms with Gasteiger partial charge >= 0.3 is 0 Å². The number of rotatable bonds is 2. The van der Waals surface area contributed by atoms with Gasteiger partial charge in [0.25, 0.3) is 0 Å². The highest BCUT2D eigenvalue weighted by molar-refractivity contribution is 7.81. The van der Waals surface area contributed by atoms with Crippen LogP contribution in [-0.2, 0) is 0 Å². The smallest absolute Gasteiger partial charge is 0.123 e. The number of halogens is 2. The van der Waals surface area contributed by atoms with Crippen molar-refractivity contribution in [3.05, 3.63) is 155 Å². The van der Waals surface area contributed by atoms with E-state index in [9.17, 15) is 8.78 Å². The van der Waals surface area contributed by atoms with Crippen LogP contribution in [0, 0.1) is 39.3 Å². The molecule has 46 heavy (non-hydrogen) atoms. The summed E-state index contributed by atoms with van der Waals surface area (Å²) >= 11 is 0. The SMILES string of the molecule is Cc1ccc2c(c1)P(c1ccc(F)cc1)c1cc(C)ccc1Nc1ccc(C)cc1P(c1ccc(F)cc1)c1cc(C)ccc1N2. The molecular weight excluding hydrogens is 608 g/mol. The van der Waals surface area contributed by atoms with Gasteiger partial charge in [-0.3, -0.25) is 0 Å². The molecule has 228 valence electrons. The third kappa shape index (κ3) is 5.96. The predicted molar refractivity (Wildman–Crippen MR) is 196 cm³/mol. The van der Waals surface area contributed by atoms with E-state index in [2.05, 4.69) is 111 Å². The fourth-order valence-corrected chi connectivity index (χ4v) is 11.4. The van der Waals surface area contributed by atoms with Crippen LogP contribution in [0.25, 0.3) is 0 Å². The number of aryl methyl sites for hydroxylation is 4. The van der Waals surface area contributed by atoms with E-state index in [0.29, 0.717) is 0 Å². The van der Waals surface area contributed by atoms with Crippen molar-refractivity contribution < 1.29 is 8.78 Å². The summed E-state index contributed by atoms with van der Waals surface area (Å²) in [4.78, 5) is 0. The van der Waals surface area contributed by atoms with Gasteiger partial charge in [-0.2, -0.15) is 0 Å². The van der Waals surface area contributed by atoms with Crippen molar-refractivity contribution in [2.75, 3.05) is 10.6 Å². The lowest BCUT2D eigenvalue weighted by Gasteiger charge is -2.30. The normalized spacial score (nSPS) is 15.5. The van der Waals surface area contributed by atoms with Crippen LogP contribution in [0.4, 0.5) is 31.5 Å². The molecule has 6 heteroatoms. The average Bonchev–Trinajstić information content (AvgIpc) is 3.03. The second-order valence-corrected chi connectivity index (χ2v) is 16.3. The lowest BCUT2D eigenvalue weighted by atomic mass is 10.2. The first-order valence-electron chi connectivity index (χ1n) is 15.3. The minimum absolute atomic E-state index is 0.249. The molecule has 6 aromatic rings. The van der Waals surface area contributed by atoms with Crippen LogP contribution in [0.5, 0.6) is 0 Å². The van der Waals surface area contributed by atoms with Crippen LogP contribution in [0.2, 0.25) is 0 Å². The Hall–Kier alpha value is -4.36. The molecule has 0 saturated carbocycles. The summed E-state index contributed by atoms with van der Waals surface area (Å²) in [6, 6.07) is 40.2. The lowest BCUT2D eigenvalue weighted by molar-refractivity contribution is 0.628. The van der Waals surface area contributed by atoms with E-state index in [1.807, 2.05) is 24.3 Å². The largest absolute Gasteiger partial charge is 0.354 e. The molecule has 6 aromatic carbocycles. The van der Waals surface area contributed by atoms with Crippen molar-refractivity contribution in [2.45, 2.75) is 27.7 Å². The topological polar surface area (TPSA) is 24.1 Å². The van der Waals surface area contributed by atoms with Crippen molar-refractivity contribution in [3.63, 3.8) is 0 Å². The summed E-state index contributed by atoms with van der Waals surface area (Å²) < 4.78 is 28.6. The van der Waals surface area contributed by atoms with E-state index in [-0.39, 0.29) is 11.6 Å². The van der Waals surface area contributed by atoms with Crippen LogP contribution in [0.15, 0.2) is 121 Å². The number of hydrogen-bond acceptors (Lipinski definition) is 2. The Morgan fingerprint density at radius 1 is 0.370 bits per heavy atom. The van der Waals surface area contributed by atoms with Gasteiger partial charge < -0.3 is 10.6 Å². The maximum Gasteiger partial charge on any atom is 0.123 e. The maximum absolute atomic E-state index is 14.3. The molecule has 0 aliphatic carbocycles. The minimum Gasteiger partial charge on any atom is -0.354 e. The molecule has 0 fully saturated rings. The Morgan fingerprint density at radius 3 is 0.891 bits per heavy atom. The molecule has 0 saturated heterocycles. The Kier molecular flexibility index (Phi) is 8.20. The van der Waals surface area contributed by atoms with Gasteiger partial charge in [0.15, 0.2) is 0 Å². The van der Waals surface area contributed by atoms with Gasteiger partial charge in [-0.1, -0.05) is 70.8 Å². The molecule has 1 heterocycles. The van der Waals surface area contributed by atoms with Crippen molar-refractivity contribution in [1.82, 2.24) is 0 Å². The molecule has 0 bridgehead atoms. The molecule has 0 atom stereocenters. The van der Waals surface area contributed by atoms with E-state index in [4.69, 9.17) is 0 Å². The average molecular weight is 643 g/mol. The third-order valence-electron chi connectivity index (χ3n) is 8.28. The van der Waals surface area contributed by atoms with Crippen LogP contribution >= 0.6 is 15.8 Å². The maximum atomic E-state index is 14.3. The number of nitrogens with one attached hydrogen (secondary N) is 2. The second-order valence-electron chi connectivity index (χ2n) is 12.0. The number of benzene rings is 6. The van der Waals surface area contributed by atoms with Crippen LogP contribution < -0.4 is 42.5 Å². The highest BCUT2D eigenvalue weighted by atomic mass is 31.1. The zero-order chi connectivity index (χ0) is 31.9. The monoisotopic (exact) mass is 642 g/mol. The fraction of sp³-hybridized carbons (Fsp3) is 0.100. The first-order valence-corrected chi connectivity index (χ1v) is 18.0. The number of fused-ring (bicyclic) bond motifs is 4. The predicted octanol–water partition coefficient (Wildman–Crippen LogP) is 8.52. The molecule has 2 N–H and O–H groups in total. The van der Waals surface area contributed by atoms with E-state index in [1.165, 1.54) is 0 Å². The molecular formula is C40H34F2N2P2.